The molecule has 0 amide bonds. The standard InChI is InChI=1S/C13H19N3O2/c17-12-6-11(7-14-10-3-4-10)15-13(16-12)9-2-1-5-18-8-9/h6,9-10,14H,1-5,7-8H2,(H,15,16,17). The third kappa shape index (κ3) is 2.97. The van der Waals surface area contributed by atoms with Crippen molar-refractivity contribution in [1.29, 1.82) is 0 Å². The van der Waals surface area contributed by atoms with Crippen LogP contribution in [0.1, 0.15) is 43.1 Å². The van der Waals surface area contributed by atoms with Crippen LogP contribution in [0.3, 0.4) is 0 Å². The molecule has 2 fully saturated rings. The molecular formula is C13H19N3O2. The van der Waals surface area contributed by atoms with Gasteiger partial charge in [-0.2, -0.15) is 0 Å². The molecule has 1 aromatic heterocycles. The zero-order chi connectivity index (χ0) is 12.4. The van der Waals surface area contributed by atoms with Crippen LogP contribution in [-0.4, -0.2) is 29.2 Å². The molecule has 1 saturated carbocycles. The van der Waals surface area contributed by atoms with Crippen LogP contribution in [-0.2, 0) is 11.3 Å². The lowest BCUT2D eigenvalue weighted by Crippen LogP contribution is -2.24. The highest BCUT2D eigenvalue weighted by atomic mass is 16.5. The lowest BCUT2D eigenvalue weighted by molar-refractivity contribution is 0.0779. The van der Waals surface area contributed by atoms with E-state index < -0.39 is 0 Å². The summed E-state index contributed by atoms with van der Waals surface area (Å²) in [6.07, 6.45) is 4.57. The quantitative estimate of drug-likeness (QED) is 0.832. The Balaban J connectivity index is 1.73. The van der Waals surface area contributed by atoms with E-state index in [0.29, 0.717) is 19.2 Å². The number of aromatic nitrogens is 2. The minimum atomic E-state index is -0.0572. The lowest BCUT2D eigenvalue weighted by atomic mass is 10.0. The molecule has 1 unspecified atom stereocenters. The smallest absolute Gasteiger partial charge is 0.251 e. The zero-order valence-corrected chi connectivity index (χ0v) is 10.4. The van der Waals surface area contributed by atoms with Gasteiger partial charge in [0.05, 0.1) is 12.3 Å². The van der Waals surface area contributed by atoms with Crippen LogP contribution in [0.5, 0.6) is 0 Å². The molecule has 0 spiro atoms. The van der Waals surface area contributed by atoms with Gasteiger partial charge in [-0.05, 0) is 25.7 Å². The Kier molecular flexibility index (Phi) is 3.43. The molecule has 1 aliphatic heterocycles. The van der Waals surface area contributed by atoms with Crippen molar-refractivity contribution in [2.45, 2.75) is 44.2 Å². The average Bonchev–Trinajstić information content (AvgIpc) is 3.21. The average molecular weight is 249 g/mol. The normalized spacial score (nSPS) is 24.1. The second-order valence-corrected chi connectivity index (χ2v) is 5.19. The number of hydrogen-bond donors (Lipinski definition) is 2. The lowest BCUT2D eigenvalue weighted by Gasteiger charge is -2.21. The van der Waals surface area contributed by atoms with E-state index in [-0.39, 0.29) is 11.5 Å². The van der Waals surface area contributed by atoms with Crippen molar-refractivity contribution >= 4 is 0 Å². The van der Waals surface area contributed by atoms with Crippen molar-refractivity contribution in [3.8, 4) is 0 Å². The molecule has 2 aliphatic rings. The second-order valence-electron chi connectivity index (χ2n) is 5.19. The first-order valence-electron chi connectivity index (χ1n) is 6.72. The topological polar surface area (TPSA) is 67.0 Å². The Hall–Kier alpha value is -1.20. The number of hydrogen-bond acceptors (Lipinski definition) is 4. The molecule has 2 heterocycles. The Morgan fingerprint density at radius 2 is 2.33 bits per heavy atom. The summed E-state index contributed by atoms with van der Waals surface area (Å²) in [6, 6.07) is 2.22. The summed E-state index contributed by atoms with van der Waals surface area (Å²) in [7, 11) is 0. The monoisotopic (exact) mass is 249 g/mol. The van der Waals surface area contributed by atoms with E-state index in [4.69, 9.17) is 4.74 Å². The fraction of sp³-hybridized carbons (Fsp3) is 0.692. The Labute approximate surface area is 106 Å². The Morgan fingerprint density at radius 1 is 1.44 bits per heavy atom. The maximum absolute atomic E-state index is 11.6. The van der Waals surface area contributed by atoms with Gasteiger partial charge >= 0.3 is 0 Å². The molecule has 0 bridgehead atoms. The van der Waals surface area contributed by atoms with E-state index >= 15 is 0 Å². The molecule has 3 rings (SSSR count). The largest absolute Gasteiger partial charge is 0.381 e. The van der Waals surface area contributed by atoms with Crippen molar-refractivity contribution in [1.82, 2.24) is 15.3 Å². The molecule has 5 heteroatoms. The zero-order valence-electron chi connectivity index (χ0n) is 10.4. The molecule has 2 N–H and O–H groups in total. The summed E-state index contributed by atoms with van der Waals surface area (Å²) in [5.74, 6) is 1.03. The summed E-state index contributed by atoms with van der Waals surface area (Å²) in [5, 5.41) is 3.38. The third-order valence-corrected chi connectivity index (χ3v) is 3.51. The van der Waals surface area contributed by atoms with Crippen molar-refractivity contribution in [2.75, 3.05) is 13.2 Å². The van der Waals surface area contributed by atoms with Crippen LogP contribution < -0.4 is 10.9 Å². The highest BCUT2D eigenvalue weighted by molar-refractivity contribution is 5.07. The van der Waals surface area contributed by atoms with Gasteiger partial charge < -0.3 is 15.0 Å². The molecule has 18 heavy (non-hydrogen) atoms. The maximum atomic E-state index is 11.6. The summed E-state index contributed by atoms with van der Waals surface area (Å²) in [4.78, 5) is 19.1. The van der Waals surface area contributed by atoms with Crippen LogP contribution in [0.2, 0.25) is 0 Å². The number of H-pyrrole nitrogens is 1. The van der Waals surface area contributed by atoms with Gasteiger partial charge in [-0.1, -0.05) is 0 Å². The molecule has 1 aliphatic carbocycles. The summed E-state index contributed by atoms with van der Waals surface area (Å²) in [5.41, 5.74) is 0.782. The molecule has 1 atom stereocenters. The number of nitrogens with zero attached hydrogens (tertiary/aromatic N) is 1. The van der Waals surface area contributed by atoms with Crippen LogP contribution in [0, 0.1) is 0 Å². The highest BCUT2D eigenvalue weighted by Crippen LogP contribution is 2.22. The molecule has 1 saturated heterocycles. The Bertz CT molecular complexity index is 462. The van der Waals surface area contributed by atoms with E-state index in [9.17, 15) is 4.79 Å². The fourth-order valence-electron chi connectivity index (χ4n) is 2.31. The van der Waals surface area contributed by atoms with Gasteiger partial charge in [0.1, 0.15) is 5.82 Å². The van der Waals surface area contributed by atoms with Crippen LogP contribution >= 0.6 is 0 Å². The second kappa shape index (κ2) is 5.20. The number of ether oxygens (including phenoxy) is 1. The van der Waals surface area contributed by atoms with Gasteiger partial charge in [0.15, 0.2) is 0 Å². The molecule has 5 nitrogen and oxygen atoms in total. The van der Waals surface area contributed by atoms with E-state index in [0.717, 1.165) is 31.0 Å². The van der Waals surface area contributed by atoms with Crippen LogP contribution in [0.4, 0.5) is 0 Å². The first-order chi connectivity index (χ1) is 8.81. The predicted molar refractivity (Wildman–Crippen MR) is 67.5 cm³/mol. The van der Waals surface area contributed by atoms with Crippen molar-refractivity contribution in [3.63, 3.8) is 0 Å². The maximum Gasteiger partial charge on any atom is 0.251 e. The highest BCUT2D eigenvalue weighted by Gasteiger charge is 2.21. The van der Waals surface area contributed by atoms with Gasteiger partial charge in [-0.15, -0.1) is 0 Å². The van der Waals surface area contributed by atoms with Gasteiger partial charge in [0, 0.05) is 31.2 Å². The number of rotatable bonds is 4. The number of aromatic amines is 1. The SMILES string of the molecule is O=c1cc(CNC2CC2)nc(C2CCCOC2)[nH]1. The van der Waals surface area contributed by atoms with E-state index in [1.54, 1.807) is 6.07 Å². The van der Waals surface area contributed by atoms with Crippen molar-refractivity contribution in [3.05, 3.63) is 27.9 Å². The van der Waals surface area contributed by atoms with E-state index in [1.165, 1.54) is 12.8 Å². The molecular weight excluding hydrogens is 230 g/mol. The molecule has 1 aromatic rings. The first-order valence-corrected chi connectivity index (χ1v) is 6.72. The molecule has 0 radical (unpaired) electrons. The van der Waals surface area contributed by atoms with Crippen molar-refractivity contribution < 1.29 is 4.74 Å². The van der Waals surface area contributed by atoms with Gasteiger partial charge in [0.2, 0.25) is 0 Å². The van der Waals surface area contributed by atoms with Gasteiger partial charge in [-0.25, -0.2) is 4.98 Å². The minimum absolute atomic E-state index is 0.0572. The first kappa shape index (κ1) is 11.9. The van der Waals surface area contributed by atoms with Crippen LogP contribution in [0.25, 0.3) is 0 Å². The minimum Gasteiger partial charge on any atom is -0.381 e. The third-order valence-electron chi connectivity index (χ3n) is 3.51. The van der Waals surface area contributed by atoms with E-state index in [2.05, 4.69) is 15.3 Å². The fourth-order valence-corrected chi connectivity index (χ4v) is 2.31. The number of nitrogens with one attached hydrogen (secondary N) is 2. The van der Waals surface area contributed by atoms with Gasteiger partial charge in [-0.3, -0.25) is 4.79 Å². The predicted octanol–water partition coefficient (Wildman–Crippen LogP) is 0.916. The summed E-state index contributed by atoms with van der Waals surface area (Å²) in [6.45, 7) is 2.18. The summed E-state index contributed by atoms with van der Waals surface area (Å²) >= 11 is 0. The molecule has 98 valence electrons. The summed E-state index contributed by atoms with van der Waals surface area (Å²) < 4.78 is 5.45. The van der Waals surface area contributed by atoms with Crippen LogP contribution in [0.15, 0.2) is 10.9 Å². The molecule has 0 aromatic carbocycles. The van der Waals surface area contributed by atoms with E-state index in [1.807, 2.05) is 0 Å². The van der Waals surface area contributed by atoms with Crippen molar-refractivity contribution in [2.24, 2.45) is 0 Å². The van der Waals surface area contributed by atoms with Gasteiger partial charge in [0.25, 0.3) is 5.56 Å². The Morgan fingerprint density at radius 3 is 3.06 bits per heavy atom.